The molecule has 0 saturated carbocycles. The second kappa shape index (κ2) is 7.03. The van der Waals surface area contributed by atoms with E-state index in [4.69, 9.17) is 5.11 Å². The van der Waals surface area contributed by atoms with Gasteiger partial charge >= 0.3 is 12.0 Å². The SMILES string of the molecule is C=CCN(CC(=O)O)C(=O)N1CCCCCC1C. The van der Waals surface area contributed by atoms with Gasteiger partial charge in [-0.15, -0.1) is 6.58 Å². The van der Waals surface area contributed by atoms with Crippen LogP contribution in [0.4, 0.5) is 4.79 Å². The van der Waals surface area contributed by atoms with E-state index in [2.05, 4.69) is 6.58 Å². The minimum atomic E-state index is -0.993. The van der Waals surface area contributed by atoms with Crippen LogP contribution in [0.15, 0.2) is 12.7 Å². The summed E-state index contributed by atoms with van der Waals surface area (Å²) < 4.78 is 0. The Morgan fingerprint density at radius 2 is 2.17 bits per heavy atom. The molecule has 0 spiro atoms. The molecule has 0 bridgehead atoms. The van der Waals surface area contributed by atoms with Gasteiger partial charge in [-0.2, -0.15) is 0 Å². The molecule has 5 heteroatoms. The van der Waals surface area contributed by atoms with E-state index < -0.39 is 5.97 Å². The third-order valence-electron chi connectivity index (χ3n) is 3.24. The Morgan fingerprint density at radius 1 is 1.44 bits per heavy atom. The number of carbonyl (C=O) groups excluding carboxylic acids is 1. The molecule has 102 valence electrons. The quantitative estimate of drug-likeness (QED) is 0.780. The number of carboxylic acids is 1. The summed E-state index contributed by atoms with van der Waals surface area (Å²) in [6.45, 7) is 6.31. The van der Waals surface area contributed by atoms with Gasteiger partial charge in [-0.25, -0.2) is 4.79 Å². The number of urea groups is 1. The number of likely N-dealkylation sites (tertiary alicyclic amines) is 1. The minimum Gasteiger partial charge on any atom is -0.480 e. The molecule has 0 aromatic heterocycles. The van der Waals surface area contributed by atoms with Gasteiger partial charge in [0.1, 0.15) is 6.54 Å². The molecule has 1 fully saturated rings. The lowest BCUT2D eigenvalue weighted by atomic mass is 10.1. The zero-order valence-electron chi connectivity index (χ0n) is 11.0. The third kappa shape index (κ3) is 4.05. The van der Waals surface area contributed by atoms with E-state index >= 15 is 0 Å². The summed E-state index contributed by atoms with van der Waals surface area (Å²) in [6.07, 6.45) is 5.80. The van der Waals surface area contributed by atoms with Crippen molar-refractivity contribution in [2.45, 2.75) is 38.6 Å². The fourth-order valence-corrected chi connectivity index (χ4v) is 2.27. The van der Waals surface area contributed by atoms with E-state index in [0.717, 1.165) is 25.7 Å². The van der Waals surface area contributed by atoms with Gasteiger partial charge in [0.05, 0.1) is 0 Å². The first-order valence-corrected chi connectivity index (χ1v) is 6.44. The van der Waals surface area contributed by atoms with E-state index in [0.29, 0.717) is 6.54 Å². The molecule has 0 aromatic rings. The van der Waals surface area contributed by atoms with E-state index in [1.165, 1.54) is 4.90 Å². The van der Waals surface area contributed by atoms with E-state index in [-0.39, 0.29) is 25.2 Å². The zero-order chi connectivity index (χ0) is 13.5. The molecule has 1 aliphatic heterocycles. The Morgan fingerprint density at radius 3 is 2.78 bits per heavy atom. The maximum atomic E-state index is 12.3. The second-order valence-corrected chi connectivity index (χ2v) is 4.74. The highest BCUT2D eigenvalue weighted by Gasteiger charge is 2.26. The van der Waals surface area contributed by atoms with Crippen LogP contribution in [0.5, 0.6) is 0 Å². The maximum absolute atomic E-state index is 12.3. The molecule has 1 heterocycles. The van der Waals surface area contributed by atoms with Crippen LogP contribution in [-0.4, -0.2) is 52.6 Å². The van der Waals surface area contributed by atoms with Gasteiger partial charge in [0, 0.05) is 19.1 Å². The molecule has 0 radical (unpaired) electrons. The number of amides is 2. The van der Waals surface area contributed by atoms with E-state index in [1.54, 1.807) is 11.0 Å². The summed E-state index contributed by atoms with van der Waals surface area (Å²) in [7, 11) is 0. The highest BCUT2D eigenvalue weighted by atomic mass is 16.4. The van der Waals surface area contributed by atoms with Gasteiger partial charge in [0.2, 0.25) is 0 Å². The fraction of sp³-hybridized carbons (Fsp3) is 0.692. The van der Waals surface area contributed by atoms with Crippen LogP contribution >= 0.6 is 0 Å². The molecule has 0 aromatic carbocycles. The predicted octanol–water partition coefficient (Wildman–Crippen LogP) is 1.94. The first kappa shape index (κ1) is 14.5. The fourth-order valence-electron chi connectivity index (χ4n) is 2.27. The van der Waals surface area contributed by atoms with Crippen LogP contribution < -0.4 is 0 Å². The lowest BCUT2D eigenvalue weighted by molar-refractivity contribution is -0.137. The average Bonchev–Trinajstić information content (AvgIpc) is 2.52. The predicted molar refractivity (Wildman–Crippen MR) is 69.4 cm³/mol. The third-order valence-corrected chi connectivity index (χ3v) is 3.24. The number of nitrogens with zero attached hydrogens (tertiary/aromatic N) is 2. The summed E-state index contributed by atoms with van der Waals surface area (Å²) in [5.74, 6) is -0.993. The topological polar surface area (TPSA) is 60.9 Å². The smallest absolute Gasteiger partial charge is 0.323 e. The molecule has 1 atom stereocenters. The lowest BCUT2D eigenvalue weighted by Gasteiger charge is -2.32. The molecule has 1 N–H and O–H groups in total. The lowest BCUT2D eigenvalue weighted by Crippen LogP contribution is -2.48. The van der Waals surface area contributed by atoms with Gasteiger partial charge in [-0.3, -0.25) is 4.79 Å². The van der Waals surface area contributed by atoms with Crippen molar-refractivity contribution in [3.8, 4) is 0 Å². The normalized spacial score (nSPS) is 20.1. The van der Waals surface area contributed by atoms with Crippen molar-refractivity contribution in [1.29, 1.82) is 0 Å². The molecule has 5 nitrogen and oxygen atoms in total. The van der Waals surface area contributed by atoms with Crippen LogP contribution in [0.2, 0.25) is 0 Å². The number of aliphatic carboxylic acids is 1. The number of carboxylic acid groups (broad SMARTS) is 1. The summed E-state index contributed by atoms with van der Waals surface area (Å²) in [5, 5.41) is 8.83. The molecular weight excluding hydrogens is 232 g/mol. The summed E-state index contributed by atoms with van der Waals surface area (Å²) in [5.41, 5.74) is 0. The monoisotopic (exact) mass is 254 g/mol. The number of hydrogen-bond donors (Lipinski definition) is 1. The Kier molecular flexibility index (Phi) is 5.68. The zero-order valence-corrected chi connectivity index (χ0v) is 11.0. The molecule has 0 aliphatic carbocycles. The number of carbonyl (C=O) groups is 2. The van der Waals surface area contributed by atoms with Crippen molar-refractivity contribution in [1.82, 2.24) is 9.80 Å². The number of rotatable bonds is 4. The molecular formula is C13H22N2O3. The second-order valence-electron chi connectivity index (χ2n) is 4.74. The molecule has 2 amide bonds. The van der Waals surface area contributed by atoms with E-state index in [1.807, 2.05) is 6.92 Å². The Labute approximate surface area is 108 Å². The van der Waals surface area contributed by atoms with Crippen molar-refractivity contribution in [3.05, 3.63) is 12.7 Å². The van der Waals surface area contributed by atoms with Crippen LogP contribution in [0.3, 0.4) is 0 Å². The molecule has 1 saturated heterocycles. The highest BCUT2D eigenvalue weighted by molar-refractivity contribution is 5.80. The van der Waals surface area contributed by atoms with Gasteiger partial charge in [0.15, 0.2) is 0 Å². The van der Waals surface area contributed by atoms with Crippen molar-refractivity contribution in [3.63, 3.8) is 0 Å². The molecule has 1 unspecified atom stereocenters. The molecule has 1 aliphatic rings. The van der Waals surface area contributed by atoms with Crippen LogP contribution in [-0.2, 0) is 4.79 Å². The standard InChI is InChI=1S/C13H22N2O3/c1-3-8-14(10-12(16)17)13(18)15-9-6-4-5-7-11(15)2/h3,11H,1,4-10H2,2H3,(H,16,17). The van der Waals surface area contributed by atoms with Gasteiger partial charge in [-0.1, -0.05) is 18.9 Å². The highest BCUT2D eigenvalue weighted by Crippen LogP contribution is 2.17. The maximum Gasteiger partial charge on any atom is 0.323 e. The summed E-state index contributed by atoms with van der Waals surface area (Å²) in [6, 6.07) is -0.00666. The minimum absolute atomic E-state index is 0.182. The van der Waals surface area contributed by atoms with Gasteiger partial charge in [-0.05, 0) is 19.8 Å². The van der Waals surface area contributed by atoms with E-state index in [9.17, 15) is 9.59 Å². The molecule has 1 rings (SSSR count). The van der Waals surface area contributed by atoms with Gasteiger partial charge in [0.25, 0.3) is 0 Å². The largest absolute Gasteiger partial charge is 0.480 e. The van der Waals surface area contributed by atoms with Crippen LogP contribution in [0.1, 0.15) is 32.6 Å². The van der Waals surface area contributed by atoms with Crippen molar-refractivity contribution < 1.29 is 14.7 Å². The van der Waals surface area contributed by atoms with Crippen LogP contribution in [0, 0.1) is 0 Å². The Hall–Kier alpha value is -1.52. The summed E-state index contributed by atoms with van der Waals surface area (Å²) in [4.78, 5) is 26.2. The van der Waals surface area contributed by atoms with Crippen molar-refractivity contribution in [2.75, 3.05) is 19.6 Å². The van der Waals surface area contributed by atoms with Crippen molar-refractivity contribution in [2.24, 2.45) is 0 Å². The first-order valence-electron chi connectivity index (χ1n) is 6.44. The summed E-state index contributed by atoms with van der Waals surface area (Å²) >= 11 is 0. The van der Waals surface area contributed by atoms with Crippen LogP contribution in [0.25, 0.3) is 0 Å². The van der Waals surface area contributed by atoms with Gasteiger partial charge < -0.3 is 14.9 Å². The Bertz CT molecular complexity index is 317. The molecule has 18 heavy (non-hydrogen) atoms. The Balaban J connectivity index is 2.72. The number of hydrogen-bond acceptors (Lipinski definition) is 2. The first-order chi connectivity index (χ1) is 8.56. The van der Waals surface area contributed by atoms with Crippen molar-refractivity contribution >= 4 is 12.0 Å². The average molecular weight is 254 g/mol.